The standard InChI is InChI=1S/C25H24N4O4/c1-32-19-10-6-17(7-11-19)15-28-22(21-4-3-5-23(26)27-21)14-24(30)29(25(28)31)16-18-8-12-20(33-2)13-9-18/h3-14H,15-16H2,1-2H3,(H2,26,27). The first-order valence-corrected chi connectivity index (χ1v) is 10.3. The van der Waals surface area contributed by atoms with Gasteiger partial charge in [-0.05, 0) is 47.5 Å². The third kappa shape index (κ3) is 4.79. The van der Waals surface area contributed by atoms with Crippen molar-refractivity contribution in [2.45, 2.75) is 13.1 Å². The van der Waals surface area contributed by atoms with Crippen molar-refractivity contribution in [2.75, 3.05) is 20.0 Å². The van der Waals surface area contributed by atoms with Crippen LogP contribution in [0.4, 0.5) is 5.82 Å². The molecule has 2 aromatic heterocycles. The topological polar surface area (TPSA) is 101 Å². The van der Waals surface area contributed by atoms with Gasteiger partial charge in [0.25, 0.3) is 5.56 Å². The number of nitrogens with two attached hydrogens (primary N) is 1. The minimum absolute atomic E-state index is 0.134. The van der Waals surface area contributed by atoms with Crippen molar-refractivity contribution in [3.05, 3.63) is 105 Å². The number of hydrogen-bond acceptors (Lipinski definition) is 6. The molecule has 8 nitrogen and oxygen atoms in total. The molecule has 0 amide bonds. The average Bonchev–Trinajstić information content (AvgIpc) is 2.84. The number of ether oxygens (including phenoxy) is 2. The summed E-state index contributed by atoms with van der Waals surface area (Å²) in [6.07, 6.45) is 0. The minimum Gasteiger partial charge on any atom is -0.497 e. The van der Waals surface area contributed by atoms with Crippen molar-refractivity contribution >= 4 is 5.82 Å². The SMILES string of the molecule is COc1ccc(Cn2c(-c3cccc(N)n3)cc(=O)n(Cc3ccc(OC)cc3)c2=O)cc1. The van der Waals surface area contributed by atoms with Crippen LogP contribution in [-0.2, 0) is 13.1 Å². The number of hydrogen-bond donors (Lipinski definition) is 1. The Morgan fingerprint density at radius 3 is 1.85 bits per heavy atom. The molecule has 33 heavy (non-hydrogen) atoms. The van der Waals surface area contributed by atoms with Crippen LogP contribution in [-0.4, -0.2) is 28.3 Å². The van der Waals surface area contributed by atoms with Gasteiger partial charge in [0.05, 0.1) is 38.7 Å². The van der Waals surface area contributed by atoms with E-state index in [-0.39, 0.29) is 13.1 Å². The molecule has 0 radical (unpaired) electrons. The molecule has 0 saturated carbocycles. The van der Waals surface area contributed by atoms with Gasteiger partial charge in [-0.3, -0.25) is 13.9 Å². The molecule has 0 bridgehead atoms. The molecule has 168 valence electrons. The number of benzene rings is 2. The highest BCUT2D eigenvalue weighted by molar-refractivity contribution is 5.56. The van der Waals surface area contributed by atoms with Crippen LogP contribution in [0, 0.1) is 0 Å². The number of anilines is 1. The summed E-state index contributed by atoms with van der Waals surface area (Å²) in [6, 6.07) is 21.2. The van der Waals surface area contributed by atoms with E-state index in [2.05, 4.69) is 4.98 Å². The molecule has 0 fully saturated rings. The van der Waals surface area contributed by atoms with Gasteiger partial charge in [-0.15, -0.1) is 0 Å². The van der Waals surface area contributed by atoms with E-state index in [0.29, 0.717) is 28.7 Å². The van der Waals surface area contributed by atoms with Crippen LogP contribution in [0.2, 0.25) is 0 Å². The van der Waals surface area contributed by atoms with E-state index in [0.717, 1.165) is 11.1 Å². The van der Waals surface area contributed by atoms with Crippen LogP contribution in [0.3, 0.4) is 0 Å². The Labute approximate surface area is 190 Å². The highest BCUT2D eigenvalue weighted by Crippen LogP contribution is 2.18. The maximum absolute atomic E-state index is 13.5. The number of pyridine rings is 1. The number of nitrogens with zero attached hydrogens (tertiary/aromatic N) is 3. The molecule has 0 atom stereocenters. The second-order valence-electron chi connectivity index (χ2n) is 7.47. The van der Waals surface area contributed by atoms with E-state index < -0.39 is 11.2 Å². The first kappa shape index (κ1) is 21.9. The van der Waals surface area contributed by atoms with Gasteiger partial charge in [0.2, 0.25) is 0 Å². The highest BCUT2D eigenvalue weighted by atomic mass is 16.5. The largest absolute Gasteiger partial charge is 0.497 e. The van der Waals surface area contributed by atoms with Crippen molar-refractivity contribution in [2.24, 2.45) is 0 Å². The summed E-state index contributed by atoms with van der Waals surface area (Å²) >= 11 is 0. The lowest BCUT2D eigenvalue weighted by Crippen LogP contribution is -2.40. The summed E-state index contributed by atoms with van der Waals surface area (Å²) in [6.45, 7) is 0.381. The molecule has 2 aromatic carbocycles. The smallest absolute Gasteiger partial charge is 0.332 e. The van der Waals surface area contributed by atoms with E-state index in [1.807, 2.05) is 36.4 Å². The molecule has 0 spiro atoms. The zero-order chi connectivity index (χ0) is 23.4. The first-order valence-electron chi connectivity index (χ1n) is 10.3. The van der Waals surface area contributed by atoms with Gasteiger partial charge in [0, 0.05) is 6.07 Å². The maximum atomic E-state index is 13.5. The number of aromatic nitrogens is 3. The summed E-state index contributed by atoms with van der Waals surface area (Å²) in [5.41, 5.74) is 7.54. The summed E-state index contributed by atoms with van der Waals surface area (Å²) in [5, 5.41) is 0. The van der Waals surface area contributed by atoms with Crippen molar-refractivity contribution < 1.29 is 9.47 Å². The van der Waals surface area contributed by atoms with Gasteiger partial charge in [-0.2, -0.15) is 0 Å². The third-order valence-corrected chi connectivity index (χ3v) is 5.31. The summed E-state index contributed by atoms with van der Waals surface area (Å²) in [7, 11) is 3.18. The van der Waals surface area contributed by atoms with Gasteiger partial charge in [0.15, 0.2) is 0 Å². The zero-order valence-corrected chi connectivity index (χ0v) is 18.4. The van der Waals surface area contributed by atoms with E-state index in [4.69, 9.17) is 15.2 Å². The van der Waals surface area contributed by atoms with Gasteiger partial charge in [0.1, 0.15) is 17.3 Å². The third-order valence-electron chi connectivity index (χ3n) is 5.31. The molecule has 0 aliphatic rings. The predicted octanol–water partition coefficient (Wildman–Crippen LogP) is 2.77. The van der Waals surface area contributed by atoms with Crippen molar-refractivity contribution in [1.29, 1.82) is 0 Å². The Balaban J connectivity index is 1.82. The van der Waals surface area contributed by atoms with Gasteiger partial charge in [-0.1, -0.05) is 30.3 Å². The lowest BCUT2D eigenvalue weighted by atomic mass is 10.2. The second kappa shape index (κ2) is 9.44. The van der Waals surface area contributed by atoms with Crippen molar-refractivity contribution in [3.8, 4) is 22.9 Å². The van der Waals surface area contributed by atoms with Gasteiger partial charge in [-0.25, -0.2) is 9.78 Å². The molecule has 4 rings (SSSR count). The summed E-state index contributed by atoms with van der Waals surface area (Å²) < 4.78 is 13.1. The number of nitrogen functional groups attached to an aromatic ring is 1. The van der Waals surface area contributed by atoms with Gasteiger partial charge < -0.3 is 15.2 Å². The fraction of sp³-hybridized carbons (Fsp3) is 0.160. The van der Waals surface area contributed by atoms with Crippen LogP contribution < -0.4 is 26.5 Å². The fourth-order valence-electron chi connectivity index (χ4n) is 3.55. The lowest BCUT2D eigenvalue weighted by molar-refractivity contribution is 0.414. The molecule has 4 aromatic rings. The molecular formula is C25H24N4O4. The maximum Gasteiger partial charge on any atom is 0.332 e. The second-order valence-corrected chi connectivity index (χ2v) is 7.47. The first-order chi connectivity index (χ1) is 16.0. The Kier molecular flexibility index (Phi) is 6.26. The van der Waals surface area contributed by atoms with Crippen LogP contribution >= 0.6 is 0 Å². The number of rotatable bonds is 7. The molecule has 0 aliphatic heterocycles. The van der Waals surface area contributed by atoms with Crippen LogP contribution in [0.25, 0.3) is 11.4 Å². The van der Waals surface area contributed by atoms with E-state index in [1.165, 1.54) is 15.2 Å². The van der Waals surface area contributed by atoms with Crippen LogP contribution in [0.15, 0.2) is 82.4 Å². The van der Waals surface area contributed by atoms with E-state index in [1.54, 1.807) is 44.6 Å². The Morgan fingerprint density at radius 2 is 1.33 bits per heavy atom. The Bertz CT molecular complexity index is 1370. The quantitative estimate of drug-likeness (QED) is 0.470. The lowest BCUT2D eigenvalue weighted by Gasteiger charge is -2.16. The van der Waals surface area contributed by atoms with Crippen molar-refractivity contribution in [3.63, 3.8) is 0 Å². The summed E-state index contributed by atoms with van der Waals surface area (Å²) in [4.78, 5) is 30.8. The van der Waals surface area contributed by atoms with E-state index in [9.17, 15) is 9.59 Å². The van der Waals surface area contributed by atoms with E-state index >= 15 is 0 Å². The molecular weight excluding hydrogens is 420 g/mol. The average molecular weight is 444 g/mol. The predicted molar refractivity (Wildman–Crippen MR) is 127 cm³/mol. The fourth-order valence-corrected chi connectivity index (χ4v) is 3.55. The highest BCUT2D eigenvalue weighted by Gasteiger charge is 2.15. The van der Waals surface area contributed by atoms with Crippen molar-refractivity contribution in [1.82, 2.24) is 14.1 Å². The molecule has 0 saturated heterocycles. The van der Waals surface area contributed by atoms with Gasteiger partial charge >= 0.3 is 5.69 Å². The number of methoxy groups -OCH3 is 2. The monoisotopic (exact) mass is 444 g/mol. The molecule has 0 unspecified atom stereocenters. The van der Waals surface area contributed by atoms with Crippen LogP contribution in [0.1, 0.15) is 11.1 Å². The normalized spacial score (nSPS) is 10.7. The zero-order valence-electron chi connectivity index (χ0n) is 18.4. The minimum atomic E-state index is -0.437. The molecule has 8 heteroatoms. The Morgan fingerprint density at radius 1 is 0.788 bits per heavy atom. The molecule has 0 aliphatic carbocycles. The molecule has 2 heterocycles. The Hall–Kier alpha value is -4.33. The van der Waals surface area contributed by atoms with Crippen LogP contribution in [0.5, 0.6) is 11.5 Å². The summed E-state index contributed by atoms with van der Waals surface area (Å²) in [5.74, 6) is 1.72. The molecule has 2 N–H and O–H groups in total.